The Morgan fingerprint density at radius 1 is 1.03 bits per heavy atom. The van der Waals surface area contributed by atoms with E-state index in [1.54, 1.807) is 18.1 Å². The lowest BCUT2D eigenvalue weighted by Crippen LogP contribution is -2.26. The largest absolute Gasteiger partial charge is 0.493 e. The summed E-state index contributed by atoms with van der Waals surface area (Å²) in [5, 5.41) is 5.75. The molecule has 7 nitrogen and oxygen atoms in total. The molecule has 0 saturated carbocycles. The minimum atomic E-state index is -0.160. The monoisotopic (exact) mass is 438 g/mol. The summed E-state index contributed by atoms with van der Waals surface area (Å²) < 4.78 is 15.3. The second-order valence-electron chi connectivity index (χ2n) is 8.24. The normalized spacial score (nSPS) is 13.0. The van der Waals surface area contributed by atoms with Gasteiger partial charge in [-0.15, -0.1) is 0 Å². The van der Waals surface area contributed by atoms with Crippen molar-refractivity contribution in [2.45, 2.75) is 20.0 Å². The maximum Gasteiger partial charge on any atom is 0.290 e. The van der Waals surface area contributed by atoms with Crippen LogP contribution in [0.1, 0.15) is 27.4 Å². The highest BCUT2D eigenvalue weighted by Crippen LogP contribution is 2.33. The van der Waals surface area contributed by atoms with Crippen LogP contribution in [0.5, 0.6) is 5.75 Å². The Balaban J connectivity index is 1.38. The molecule has 1 aliphatic rings. The van der Waals surface area contributed by atoms with Crippen LogP contribution in [0.3, 0.4) is 0 Å². The first-order valence-electron chi connectivity index (χ1n) is 10.8. The Bertz CT molecular complexity index is 1490. The number of nitrogens with zero attached hydrogens (tertiary/aromatic N) is 4. The minimum absolute atomic E-state index is 0.160. The SMILES string of the molecule is COc1cccc2cc(C(=O)N3Cc4nn(-c5cccc(C)c5)c(-n5cccc5)c4C3)oc12. The molecule has 2 aromatic carbocycles. The summed E-state index contributed by atoms with van der Waals surface area (Å²) in [7, 11) is 1.59. The van der Waals surface area contributed by atoms with E-state index >= 15 is 0 Å². The smallest absolute Gasteiger partial charge is 0.290 e. The lowest BCUT2D eigenvalue weighted by Gasteiger charge is -2.16. The molecule has 1 aliphatic heterocycles. The van der Waals surface area contributed by atoms with Gasteiger partial charge >= 0.3 is 0 Å². The van der Waals surface area contributed by atoms with Gasteiger partial charge in [-0.25, -0.2) is 4.68 Å². The Kier molecular flexibility index (Phi) is 4.36. The Morgan fingerprint density at radius 3 is 2.64 bits per heavy atom. The highest BCUT2D eigenvalue weighted by Gasteiger charge is 2.33. The van der Waals surface area contributed by atoms with Crippen molar-refractivity contribution >= 4 is 16.9 Å². The number of carbonyl (C=O) groups excluding carboxylic acids is 1. The summed E-state index contributed by atoms with van der Waals surface area (Å²) in [6.45, 7) is 2.95. The van der Waals surface area contributed by atoms with E-state index in [9.17, 15) is 4.79 Å². The summed E-state index contributed by atoms with van der Waals surface area (Å²) >= 11 is 0. The third kappa shape index (κ3) is 3.12. The highest BCUT2D eigenvalue weighted by atomic mass is 16.5. The average Bonchev–Trinajstić information content (AvgIpc) is 3.60. The number of hydrogen-bond donors (Lipinski definition) is 0. The third-order valence-electron chi connectivity index (χ3n) is 6.05. The van der Waals surface area contributed by atoms with Crippen LogP contribution in [-0.2, 0) is 13.1 Å². The van der Waals surface area contributed by atoms with Gasteiger partial charge in [0, 0.05) is 23.3 Å². The number of para-hydroxylation sites is 1. The summed E-state index contributed by atoms with van der Waals surface area (Å²) in [6.07, 6.45) is 4.00. The molecule has 0 spiro atoms. The van der Waals surface area contributed by atoms with Crippen LogP contribution in [-0.4, -0.2) is 32.3 Å². The number of methoxy groups -OCH3 is 1. The maximum absolute atomic E-state index is 13.3. The van der Waals surface area contributed by atoms with Crippen molar-refractivity contribution in [3.8, 4) is 17.3 Å². The topological polar surface area (TPSA) is 65.4 Å². The van der Waals surface area contributed by atoms with Crippen molar-refractivity contribution in [3.05, 3.63) is 95.6 Å². The molecule has 6 rings (SSSR count). The van der Waals surface area contributed by atoms with E-state index < -0.39 is 0 Å². The fraction of sp³-hybridized carbons (Fsp3) is 0.154. The van der Waals surface area contributed by atoms with Gasteiger partial charge < -0.3 is 18.6 Å². The fourth-order valence-corrected chi connectivity index (χ4v) is 4.48. The summed E-state index contributed by atoms with van der Waals surface area (Å²) in [5.74, 6) is 1.70. The highest BCUT2D eigenvalue weighted by molar-refractivity contribution is 5.97. The number of rotatable bonds is 4. The molecule has 33 heavy (non-hydrogen) atoms. The number of hydrogen-bond acceptors (Lipinski definition) is 4. The minimum Gasteiger partial charge on any atom is -0.493 e. The average molecular weight is 438 g/mol. The first-order valence-corrected chi connectivity index (χ1v) is 10.8. The molecule has 0 N–H and O–H groups in total. The predicted molar refractivity (Wildman–Crippen MR) is 124 cm³/mol. The molecule has 0 unspecified atom stereocenters. The van der Waals surface area contributed by atoms with Crippen LogP contribution >= 0.6 is 0 Å². The van der Waals surface area contributed by atoms with Crippen molar-refractivity contribution in [1.82, 2.24) is 19.2 Å². The third-order valence-corrected chi connectivity index (χ3v) is 6.05. The second kappa shape index (κ2) is 7.41. The van der Waals surface area contributed by atoms with Gasteiger partial charge in [0.25, 0.3) is 5.91 Å². The van der Waals surface area contributed by atoms with Gasteiger partial charge in [-0.3, -0.25) is 4.79 Å². The molecular weight excluding hydrogens is 416 g/mol. The fourth-order valence-electron chi connectivity index (χ4n) is 4.48. The number of aromatic nitrogens is 3. The Hall–Kier alpha value is -4.26. The summed E-state index contributed by atoms with van der Waals surface area (Å²) in [4.78, 5) is 15.1. The molecule has 5 aromatic rings. The molecular formula is C26H22N4O3. The van der Waals surface area contributed by atoms with Gasteiger partial charge in [-0.1, -0.05) is 24.3 Å². The molecule has 1 amide bonds. The number of furan rings is 1. The Morgan fingerprint density at radius 2 is 1.85 bits per heavy atom. The van der Waals surface area contributed by atoms with E-state index in [1.807, 2.05) is 64.1 Å². The molecule has 3 aromatic heterocycles. The number of carbonyl (C=O) groups is 1. The lowest BCUT2D eigenvalue weighted by molar-refractivity contribution is 0.0719. The van der Waals surface area contributed by atoms with Crippen LogP contribution in [0.2, 0.25) is 0 Å². The molecule has 0 aliphatic carbocycles. The van der Waals surface area contributed by atoms with Crippen LogP contribution in [0.25, 0.3) is 22.5 Å². The van der Waals surface area contributed by atoms with Gasteiger partial charge in [0.05, 0.1) is 31.6 Å². The first kappa shape index (κ1) is 19.4. The molecule has 7 heteroatoms. The summed E-state index contributed by atoms with van der Waals surface area (Å²) in [6, 6.07) is 19.6. The first-order chi connectivity index (χ1) is 16.1. The Labute approximate surface area is 190 Å². The van der Waals surface area contributed by atoms with E-state index in [-0.39, 0.29) is 5.91 Å². The van der Waals surface area contributed by atoms with E-state index in [1.165, 1.54) is 5.56 Å². The predicted octanol–water partition coefficient (Wildman–Crippen LogP) is 4.88. The van der Waals surface area contributed by atoms with E-state index in [0.717, 1.165) is 28.1 Å². The maximum atomic E-state index is 13.3. The van der Waals surface area contributed by atoms with Crippen molar-refractivity contribution in [1.29, 1.82) is 0 Å². The standard InChI is InChI=1S/C26H22N4O3/c1-17-7-5-9-19(13-17)30-25(28-11-3-4-12-28)20-15-29(16-21(20)27-30)26(31)23-14-18-8-6-10-22(32-2)24(18)33-23/h3-14H,15-16H2,1-2H3. The number of ether oxygens (including phenoxy) is 1. The zero-order valence-electron chi connectivity index (χ0n) is 18.4. The molecule has 0 saturated heterocycles. The van der Waals surface area contributed by atoms with Gasteiger partial charge in [-0.05, 0) is 48.9 Å². The van der Waals surface area contributed by atoms with Crippen molar-refractivity contribution in [3.63, 3.8) is 0 Å². The van der Waals surface area contributed by atoms with Gasteiger partial charge in [0.2, 0.25) is 0 Å². The quantitative estimate of drug-likeness (QED) is 0.401. The zero-order valence-corrected chi connectivity index (χ0v) is 18.4. The van der Waals surface area contributed by atoms with Crippen molar-refractivity contribution in [2.24, 2.45) is 0 Å². The number of amides is 1. The van der Waals surface area contributed by atoms with Gasteiger partial charge in [0.1, 0.15) is 5.82 Å². The molecule has 4 heterocycles. The lowest BCUT2D eigenvalue weighted by atomic mass is 10.2. The van der Waals surface area contributed by atoms with Crippen LogP contribution in [0, 0.1) is 6.92 Å². The van der Waals surface area contributed by atoms with Crippen LogP contribution in [0.15, 0.2) is 77.5 Å². The number of aryl methyl sites for hydroxylation is 1. The van der Waals surface area contributed by atoms with E-state index in [4.69, 9.17) is 14.3 Å². The molecule has 0 atom stereocenters. The molecule has 0 fully saturated rings. The molecule has 0 radical (unpaired) electrons. The second-order valence-corrected chi connectivity index (χ2v) is 8.24. The molecule has 0 bridgehead atoms. The number of benzene rings is 2. The van der Waals surface area contributed by atoms with Gasteiger partial charge in [-0.2, -0.15) is 5.10 Å². The summed E-state index contributed by atoms with van der Waals surface area (Å²) in [5.41, 5.74) is 4.67. The van der Waals surface area contributed by atoms with E-state index in [0.29, 0.717) is 30.2 Å². The van der Waals surface area contributed by atoms with Crippen LogP contribution in [0.4, 0.5) is 0 Å². The van der Waals surface area contributed by atoms with Gasteiger partial charge in [0.15, 0.2) is 17.1 Å². The number of fused-ring (bicyclic) bond motifs is 2. The zero-order chi connectivity index (χ0) is 22.5. The van der Waals surface area contributed by atoms with E-state index in [2.05, 4.69) is 19.1 Å². The van der Waals surface area contributed by atoms with Crippen molar-refractivity contribution < 1.29 is 13.9 Å². The molecule has 164 valence electrons. The van der Waals surface area contributed by atoms with Crippen molar-refractivity contribution in [2.75, 3.05) is 7.11 Å². The van der Waals surface area contributed by atoms with Crippen LogP contribution < -0.4 is 4.74 Å².